The van der Waals surface area contributed by atoms with Gasteiger partial charge in [-0.25, -0.2) is 67.8 Å². The minimum Gasteiger partial charge on any atom is -0.400 e. The van der Waals surface area contributed by atoms with Crippen LogP contribution >= 0.6 is 8.45 Å². The highest BCUT2D eigenvalue weighted by Gasteiger charge is 2.48. The molecule has 0 radical (unpaired) electrons. The van der Waals surface area contributed by atoms with E-state index in [-0.39, 0.29) is 92.8 Å². The van der Waals surface area contributed by atoms with E-state index < -0.39 is 94.6 Å². The molecule has 4 aromatic carbocycles. The molecule has 30 nitrogen and oxygen atoms in total. The fourth-order valence-corrected chi connectivity index (χ4v) is 14.2. The second-order valence-electron chi connectivity index (χ2n) is 24.8. The van der Waals surface area contributed by atoms with Gasteiger partial charge in [0.2, 0.25) is 1.43 Å². The van der Waals surface area contributed by atoms with Crippen LogP contribution in [0.3, 0.4) is 0 Å². The molecule has 14 atom stereocenters. The van der Waals surface area contributed by atoms with Crippen molar-refractivity contribution in [1.82, 2.24) is 68.3 Å². The second kappa shape index (κ2) is 36.1. The molecule has 3 amide bonds. The van der Waals surface area contributed by atoms with Crippen LogP contribution in [-0.4, -0.2) is 218 Å². The van der Waals surface area contributed by atoms with Crippen LogP contribution in [0.5, 0.6) is 0 Å². The van der Waals surface area contributed by atoms with Crippen molar-refractivity contribution in [1.29, 1.82) is 1.43 Å². The Hall–Kier alpha value is -9.32. The third-order valence-electron chi connectivity index (χ3n) is 17.5. The first-order valence-electron chi connectivity index (χ1n) is 34.9. The van der Waals surface area contributed by atoms with Gasteiger partial charge in [0.15, 0.2) is 84.2 Å². The standard InChI is InChI=1S/C27H39FN7O4P.C25H22FN5O4.C18H18FN5O4.CH4O/c1-7-37-16-32-40(35(17(2)3)18(4)5)39-24-19(6)38-13-21(22(24)28)34-15-31-23-25(29-14-30-26(23)34)33-27(36)20-11-9-8-10-12-20;26-19-17(11-33-18-12-34-25(35-21(18)19)16-9-5-2-6-10-16)31-14-29-20-22(27-13-28-23(20)31)30-24(32)15-7-3-1-4-8-15;19-13-11(7-28-12(6-25)15(13)26)24-9-22-14-16(20-8-21-17(14)24)23-18(27)10-4-2-1-3-5-10;1-2/h8-12,14-15,17-19,21-22,24,32H,7,13,16H2,1-6H3,(H,29,30,33,36);1-10,13-14,17-19,21,25H,11-12H2,(H,27,28,30,32);1-5,8-9,11-13,15,25-26H,6-7H2,(H,20,21,23,27);2H,1H3/i6D;;;2T. The minimum atomic E-state index is -1.68. The molecule has 105 heavy (non-hydrogen) atoms. The highest BCUT2D eigenvalue weighted by Crippen LogP contribution is 2.46. The summed E-state index contributed by atoms with van der Waals surface area (Å²) in [7, 11) is -0.196. The van der Waals surface area contributed by atoms with Gasteiger partial charge in [0.1, 0.15) is 56.2 Å². The Morgan fingerprint density at radius 1 is 0.619 bits per heavy atom. The molecule has 10 aromatic rings. The molecule has 34 heteroatoms. The lowest BCUT2D eigenvalue weighted by Crippen LogP contribution is -2.54. The average molecular weight is 1470 g/mol. The zero-order valence-corrected chi connectivity index (χ0v) is 59.0. The number of imidazole rings is 3. The first kappa shape index (κ1) is 74.0. The van der Waals surface area contributed by atoms with Gasteiger partial charge < -0.3 is 77.9 Å². The third kappa shape index (κ3) is 17.6. The monoisotopic (exact) mass is 1470 g/mol. The summed E-state index contributed by atoms with van der Waals surface area (Å²) < 4.78 is 109. The molecule has 4 aliphatic rings. The van der Waals surface area contributed by atoms with Gasteiger partial charge in [-0.2, -0.15) is 0 Å². The Morgan fingerprint density at radius 3 is 1.49 bits per heavy atom. The number of aliphatic hydroxyl groups is 3. The molecule has 7 N–H and O–H groups in total. The Kier molecular flexibility index (Phi) is 25.4. The van der Waals surface area contributed by atoms with Crippen LogP contribution in [0.4, 0.5) is 30.6 Å². The lowest BCUT2D eigenvalue weighted by atomic mass is 9.98. The molecule has 14 rings (SSSR count). The number of aromatic nitrogens is 12. The molecule has 4 saturated heterocycles. The maximum absolute atomic E-state index is 16.5. The Balaban J connectivity index is 0.000000159. The smallest absolute Gasteiger partial charge is 0.256 e. The van der Waals surface area contributed by atoms with Gasteiger partial charge in [-0.15, -0.1) is 0 Å². The molecular formula is C71H83F3N17O13P. The number of alkyl halides is 3. The summed E-state index contributed by atoms with van der Waals surface area (Å²) in [4.78, 5) is 76.0. The largest absolute Gasteiger partial charge is 0.400 e. The molecule has 0 spiro atoms. The first-order chi connectivity index (χ1) is 52.0. The quantitative estimate of drug-likeness (QED) is 0.0213. The third-order valence-corrected chi connectivity index (χ3v) is 19.7. The first-order valence-corrected chi connectivity index (χ1v) is 35.0. The maximum Gasteiger partial charge on any atom is 0.256 e. The van der Waals surface area contributed by atoms with Crippen LogP contribution in [0.25, 0.3) is 33.5 Å². The highest BCUT2D eigenvalue weighted by molar-refractivity contribution is 7.47. The van der Waals surface area contributed by atoms with Crippen LogP contribution in [-0.2, 0) is 32.9 Å². The number of amides is 3. The molecule has 0 saturated carbocycles. The zero-order valence-electron chi connectivity index (χ0n) is 60.1. The van der Waals surface area contributed by atoms with E-state index in [4.69, 9.17) is 40.9 Å². The van der Waals surface area contributed by atoms with Crippen LogP contribution in [0.2, 0.25) is 0 Å². The molecule has 0 bridgehead atoms. The number of carbonyl (C=O) groups is 3. The predicted molar refractivity (Wildman–Crippen MR) is 381 cm³/mol. The van der Waals surface area contributed by atoms with Crippen molar-refractivity contribution in [2.45, 2.75) is 133 Å². The minimum absolute atomic E-state index is 0.00806. The topological polar surface area (TPSA) is 359 Å². The molecule has 14 unspecified atom stereocenters. The van der Waals surface area contributed by atoms with Gasteiger partial charge in [0, 0.05) is 49.4 Å². The van der Waals surface area contributed by atoms with Crippen LogP contribution in [0.15, 0.2) is 159 Å². The number of carbonyl (C=O) groups excluding carboxylic acids is 3. The molecule has 556 valence electrons. The number of nitrogens with one attached hydrogen (secondary N) is 4. The van der Waals surface area contributed by atoms with Gasteiger partial charge in [-0.3, -0.25) is 14.4 Å². The van der Waals surface area contributed by atoms with Crippen molar-refractivity contribution in [2.24, 2.45) is 0 Å². The summed E-state index contributed by atoms with van der Waals surface area (Å²) in [5, 5.41) is 34.2. The van der Waals surface area contributed by atoms with Crippen LogP contribution in [0.1, 0.15) is 104 Å². The van der Waals surface area contributed by atoms with Gasteiger partial charge in [0.05, 0.1) is 76.2 Å². The number of fused-ring (bicyclic) bond motifs is 4. The normalized spacial score (nSPS) is 24.2. The Morgan fingerprint density at radius 2 is 1.05 bits per heavy atom. The van der Waals surface area contributed by atoms with Crippen molar-refractivity contribution in [2.75, 3.05) is 69.4 Å². The number of aliphatic hydroxyl groups excluding tert-OH is 3. The average Bonchev–Trinajstić information content (AvgIpc) is 1.11. The van der Waals surface area contributed by atoms with Crippen molar-refractivity contribution >= 4 is 77.1 Å². The van der Waals surface area contributed by atoms with Gasteiger partial charge in [-0.05, 0) is 77.9 Å². The van der Waals surface area contributed by atoms with Crippen molar-refractivity contribution in [3.8, 4) is 0 Å². The number of rotatable bonds is 20. The number of benzene rings is 4. The summed E-state index contributed by atoms with van der Waals surface area (Å²) in [6, 6.07) is 33.4. The molecular weight excluding hydrogens is 1390 g/mol. The van der Waals surface area contributed by atoms with Crippen LogP contribution < -0.4 is 21.0 Å². The Labute approximate surface area is 605 Å². The van der Waals surface area contributed by atoms with E-state index in [9.17, 15) is 23.9 Å². The Bertz CT molecular complexity index is 4500. The van der Waals surface area contributed by atoms with E-state index in [1.54, 1.807) is 88.0 Å². The lowest BCUT2D eigenvalue weighted by molar-refractivity contribution is -0.298. The molecule has 4 fully saturated rings. The van der Waals surface area contributed by atoms with E-state index in [1.807, 2.05) is 49.4 Å². The SMILES string of the molecule is O=C(Nc1ncnc2c1ncn2C1COC(CO)C(O)C1F)c1ccccc1.O=C(Nc1ncnc2c1ncn2C1COC2COC(c3ccccc3)OC2C1F)c1ccccc1.[2H]CC1OCC(n2cnc3c(NC(=O)c4ccccc4)ncnc32)C(F)C1OP(NCOCC)N(C(C)C)C(C)C.[3H]OC. The lowest BCUT2D eigenvalue weighted by Gasteiger charge is -2.44. The van der Waals surface area contributed by atoms with Crippen molar-refractivity contribution < 1.29 is 77.2 Å². The van der Waals surface area contributed by atoms with E-state index in [0.29, 0.717) is 51.3 Å². The molecule has 4 aliphatic heterocycles. The maximum atomic E-state index is 16.5. The zero-order chi connectivity index (χ0) is 75.7. The summed E-state index contributed by atoms with van der Waals surface area (Å²) in [5.74, 6) is -0.364. The summed E-state index contributed by atoms with van der Waals surface area (Å²) in [5.41, 5.74) is 4.25. The van der Waals surface area contributed by atoms with E-state index >= 15 is 8.78 Å². The molecule has 6 aromatic heterocycles. The van der Waals surface area contributed by atoms with Crippen LogP contribution in [0, 0.1) is 0 Å². The summed E-state index contributed by atoms with van der Waals surface area (Å²) in [6.07, 6.45) is -2.63. The number of hydrogen-bond donors (Lipinski definition) is 7. The number of hydrogen-bond acceptors (Lipinski definition) is 24. The summed E-state index contributed by atoms with van der Waals surface area (Å²) >= 11 is 0. The van der Waals surface area contributed by atoms with Crippen molar-refractivity contribution in [3.05, 3.63) is 182 Å². The number of nitrogens with zero attached hydrogens (tertiary/aromatic N) is 13. The fraction of sp³-hybridized carbons (Fsp3) is 0.408. The number of anilines is 3. The summed E-state index contributed by atoms with van der Waals surface area (Å²) in [6.45, 7) is 10.6. The van der Waals surface area contributed by atoms with Gasteiger partial charge in [-0.1, -0.05) is 84.9 Å². The van der Waals surface area contributed by atoms with Gasteiger partial charge in [0.25, 0.3) is 17.7 Å². The van der Waals surface area contributed by atoms with Crippen molar-refractivity contribution in [3.63, 3.8) is 0 Å². The fourth-order valence-electron chi connectivity index (χ4n) is 12.3. The van der Waals surface area contributed by atoms with Gasteiger partial charge >= 0.3 is 0 Å². The highest BCUT2D eigenvalue weighted by atomic mass is 31.2. The van der Waals surface area contributed by atoms with E-state index in [0.717, 1.165) is 5.56 Å². The molecule has 0 aliphatic carbocycles. The number of halogens is 3. The predicted octanol–water partition coefficient (Wildman–Crippen LogP) is 8.48. The van der Waals surface area contributed by atoms with E-state index in [2.05, 4.69) is 103 Å². The second-order valence-corrected chi connectivity index (χ2v) is 26.3. The van der Waals surface area contributed by atoms with E-state index in [1.165, 1.54) is 49.6 Å². The number of ether oxygens (including phenoxy) is 6. The molecule has 10 heterocycles.